The first kappa shape index (κ1) is 22.6. The van der Waals surface area contributed by atoms with Gasteiger partial charge in [-0.15, -0.1) is 16.4 Å². The number of aromatic amines is 1. The van der Waals surface area contributed by atoms with E-state index in [-0.39, 0.29) is 11.6 Å². The monoisotopic (exact) mass is 465 g/mol. The van der Waals surface area contributed by atoms with Gasteiger partial charge in [-0.3, -0.25) is 14.3 Å². The molecule has 1 N–H and O–H groups in total. The quantitative estimate of drug-likeness (QED) is 0.469. The molecule has 2 heterocycles. The second-order valence-electron chi connectivity index (χ2n) is 6.99. The largest absolute Gasteiger partial charge is 0.343 e. The van der Waals surface area contributed by atoms with Crippen molar-refractivity contribution in [3.05, 3.63) is 49.8 Å². The number of aryl methyl sites for hydroxylation is 2. The number of anilines is 2. The number of amides is 1. The van der Waals surface area contributed by atoms with Gasteiger partial charge in [-0.2, -0.15) is 0 Å². The molecule has 0 saturated heterocycles. The standard InChI is InChI=1S/C20H24ClN5O2S2/c1-5-6-7-25-18(28)23-24-20(25)30-11-15-10-29-19(22-15)26(14(4)27)17-13(3)8-12(2)9-16(17)21/h8-10H,5-7,11H2,1-4H3,(H,23,28). The fourth-order valence-corrected chi connectivity index (χ4v) is 5.36. The van der Waals surface area contributed by atoms with Gasteiger partial charge in [-0.05, 0) is 37.5 Å². The number of rotatable bonds is 8. The normalized spacial score (nSPS) is 11.1. The van der Waals surface area contributed by atoms with Crippen LogP contribution in [-0.2, 0) is 17.1 Å². The molecule has 7 nitrogen and oxygen atoms in total. The number of hydrogen-bond donors (Lipinski definition) is 1. The molecule has 0 unspecified atom stereocenters. The molecular formula is C20H24ClN5O2S2. The number of aromatic nitrogens is 4. The Morgan fingerprint density at radius 2 is 2.13 bits per heavy atom. The fourth-order valence-electron chi connectivity index (χ4n) is 3.11. The smallest absolute Gasteiger partial charge is 0.274 e. The van der Waals surface area contributed by atoms with E-state index in [1.807, 2.05) is 31.4 Å². The highest BCUT2D eigenvalue weighted by Gasteiger charge is 2.23. The first-order valence-corrected chi connectivity index (χ1v) is 11.9. The second kappa shape index (κ2) is 9.80. The van der Waals surface area contributed by atoms with Crippen molar-refractivity contribution in [1.82, 2.24) is 19.7 Å². The van der Waals surface area contributed by atoms with E-state index in [4.69, 9.17) is 11.6 Å². The lowest BCUT2D eigenvalue weighted by Gasteiger charge is -2.22. The van der Waals surface area contributed by atoms with Crippen molar-refractivity contribution in [3.63, 3.8) is 0 Å². The third-order valence-electron chi connectivity index (χ3n) is 4.48. The highest BCUT2D eigenvalue weighted by atomic mass is 35.5. The van der Waals surface area contributed by atoms with E-state index >= 15 is 0 Å². The number of thiazole rings is 1. The zero-order valence-corrected chi connectivity index (χ0v) is 19.7. The van der Waals surface area contributed by atoms with E-state index in [1.54, 1.807) is 9.47 Å². The van der Waals surface area contributed by atoms with E-state index in [0.29, 0.717) is 33.3 Å². The molecule has 0 radical (unpaired) electrons. The Balaban J connectivity index is 1.82. The zero-order valence-electron chi connectivity index (χ0n) is 17.4. The summed E-state index contributed by atoms with van der Waals surface area (Å²) in [6.45, 7) is 8.12. The number of nitrogens with one attached hydrogen (secondary N) is 1. The van der Waals surface area contributed by atoms with Crippen LogP contribution in [0.1, 0.15) is 43.5 Å². The van der Waals surface area contributed by atoms with E-state index in [1.165, 1.54) is 30.0 Å². The number of H-pyrrole nitrogens is 1. The molecule has 0 saturated carbocycles. The van der Waals surface area contributed by atoms with Gasteiger partial charge in [0, 0.05) is 24.6 Å². The van der Waals surface area contributed by atoms with E-state index in [0.717, 1.165) is 29.7 Å². The predicted molar refractivity (Wildman–Crippen MR) is 123 cm³/mol. The average Bonchev–Trinajstić information content (AvgIpc) is 3.27. The van der Waals surface area contributed by atoms with Crippen LogP contribution in [0.25, 0.3) is 0 Å². The number of carbonyl (C=O) groups is 1. The summed E-state index contributed by atoms with van der Waals surface area (Å²) in [6.07, 6.45) is 1.91. The van der Waals surface area contributed by atoms with Crippen molar-refractivity contribution in [2.75, 3.05) is 4.90 Å². The van der Waals surface area contributed by atoms with Gasteiger partial charge < -0.3 is 0 Å². The first-order valence-electron chi connectivity index (χ1n) is 9.61. The minimum Gasteiger partial charge on any atom is -0.274 e. The van der Waals surface area contributed by atoms with Gasteiger partial charge in [0.1, 0.15) is 0 Å². The summed E-state index contributed by atoms with van der Waals surface area (Å²) in [6, 6.07) is 3.84. The molecule has 0 fully saturated rings. The van der Waals surface area contributed by atoms with Crippen molar-refractivity contribution < 1.29 is 4.79 Å². The minimum atomic E-state index is -0.197. The zero-order chi connectivity index (χ0) is 21.8. The lowest BCUT2D eigenvalue weighted by Crippen LogP contribution is -2.24. The van der Waals surface area contributed by atoms with E-state index in [2.05, 4.69) is 22.1 Å². The van der Waals surface area contributed by atoms with Crippen LogP contribution in [0.2, 0.25) is 5.02 Å². The summed E-state index contributed by atoms with van der Waals surface area (Å²) >= 11 is 9.30. The maximum Gasteiger partial charge on any atom is 0.343 e. The summed E-state index contributed by atoms with van der Waals surface area (Å²) < 4.78 is 1.65. The van der Waals surface area contributed by atoms with Crippen LogP contribution >= 0.6 is 34.7 Å². The highest BCUT2D eigenvalue weighted by Crippen LogP contribution is 2.37. The average molecular weight is 466 g/mol. The predicted octanol–water partition coefficient (Wildman–Crippen LogP) is 5.08. The van der Waals surface area contributed by atoms with Crippen LogP contribution in [0.15, 0.2) is 27.5 Å². The number of unbranched alkanes of at least 4 members (excludes halogenated alkanes) is 1. The Labute approximate surface area is 188 Å². The Bertz CT molecular complexity index is 1080. The third kappa shape index (κ3) is 4.96. The molecule has 30 heavy (non-hydrogen) atoms. The Morgan fingerprint density at radius 3 is 2.80 bits per heavy atom. The summed E-state index contributed by atoms with van der Waals surface area (Å²) in [5, 5.41) is 10.3. The minimum absolute atomic E-state index is 0.155. The van der Waals surface area contributed by atoms with Crippen LogP contribution in [0.5, 0.6) is 0 Å². The van der Waals surface area contributed by atoms with Crippen LogP contribution in [0.4, 0.5) is 10.8 Å². The Morgan fingerprint density at radius 1 is 1.37 bits per heavy atom. The molecule has 1 aromatic carbocycles. The molecule has 3 aromatic rings. The number of thioether (sulfide) groups is 1. The molecule has 0 atom stereocenters. The van der Waals surface area contributed by atoms with Crippen LogP contribution in [0.3, 0.4) is 0 Å². The highest BCUT2D eigenvalue weighted by molar-refractivity contribution is 7.98. The summed E-state index contributed by atoms with van der Waals surface area (Å²) in [7, 11) is 0. The number of nitrogens with zero attached hydrogens (tertiary/aromatic N) is 4. The molecule has 160 valence electrons. The SMILES string of the molecule is CCCCn1c(SCc2csc(N(C(C)=O)c3c(C)cc(C)cc3Cl)n2)n[nH]c1=O. The molecule has 1 amide bonds. The molecule has 3 rings (SSSR count). The summed E-state index contributed by atoms with van der Waals surface area (Å²) in [5.41, 5.74) is 3.22. The van der Waals surface area contributed by atoms with Crippen LogP contribution in [-0.4, -0.2) is 25.7 Å². The molecular weight excluding hydrogens is 442 g/mol. The Kier molecular flexibility index (Phi) is 7.38. The van der Waals surface area contributed by atoms with Crippen molar-refractivity contribution in [1.29, 1.82) is 0 Å². The van der Waals surface area contributed by atoms with Gasteiger partial charge in [-0.25, -0.2) is 14.9 Å². The second-order valence-corrected chi connectivity index (χ2v) is 9.18. The maximum atomic E-state index is 12.4. The lowest BCUT2D eigenvalue weighted by atomic mass is 10.1. The molecule has 0 aliphatic rings. The molecule has 0 spiro atoms. The third-order valence-corrected chi connectivity index (χ3v) is 6.65. The number of hydrogen-bond acceptors (Lipinski definition) is 6. The molecule has 0 aliphatic heterocycles. The van der Waals surface area contributed by atoms with Gasteiger partial charge in [0.25, 0.3) is 0 Å². The molecule has 10 heteroatoms. The van der Waals surface area contributed by atoms with Crippen molar-refractivity contribution >= 4 is 51.4 Å². The first-order chi connectivity index (χ1) is 14.3. The maximum absolute atomic E-state index is 12.4. The number of benzene rings is 1. The van der Waals surface area contributed by atoms with Crippen molar-refractivity contribution in [2.24, 2.45) is 0 Å². The molecule has 2 aromatic heterocycles. The van der Waals surface area contributed by atoms with Crippen molar-refractivity contribution in [2.45, 2.75) is 58.0 Å². The molecule has 0 aliphatic carbocycles. The lowest BCUT2D eigenvalue weighted by molar-refractivity contribution is -0.115. The van der Waals surface area contributed by atoms with Crippen LogP contribution in [0, 0.1) is 13.8 Å². The van der Waals surface area contributed by atoms with Gasteiger partial charge in [0.15, 0.2) is 10.3 Å². The van der Waals surface area contributed by atoms with E-state index < -0.39 is 0 Å². The fraction of sp³-hybridized carbons (Fsp3) is 0.400. The van der Waals surface area contributed by atoms with Gasteiger partial charge >= 0.3 is 5.69 Å². The van der Waals surface area contributed by atoms with E-state index in [9.17, 15) is 9.59 Å². The number of halogens is 1. The van der Waals surface area contributed by atoms with Gasteiger partial charge in [-0.1, -0.05) is 42.8 Å². The van der Waals surface area contributed by atoms with Crippen LogP contribution < -0.4 is 10.6 Å². The van der Waals surface area contributed by atoms with Gasteiger partial charge in [0.2, 0.25) is 5.91 Å². The molecule has 0 bridgehead atoms. The number of carbonyl (C=O) groups excluding carboxylic acids is 1. The summed E-state index contributed by atoms with van der Waals surface area (Å²) in [5.74, 6) is 0.386. The Hall–Kier alpha value is -2.10. The van der Waals surface area contributed by atoms with Crippen molar-refractivity contribution in [3.8, 4) is 0 Å². The van der Waals surface area contributed by atoms with Gasteiger partial charge in [0.05, 0.1) is 16.4 Å². The summed E-state index contributed by atoms with van der Waals surface area (Å²) in [4.78, 5) is 30.6. The topological polar surface area (TPSA) is 83.9 Å².